The van der Waals surface area contributed by atoms with E-state index in [2.05, 4.69) is 37.8 Å². The molecule has 2 rings (SSSR count). The van der Waals surface area contributed by atoms with Crippen molar-refractivity contribution < 1.29 is 9.32 Å². The van der Waals surface area contributed by atoms with Crippen molar-refractivity contribution in [1.29, 1.82) is 0 Å². The van der Waals surface area contributed by atoms with Gasteiger partial charge >= 0.3 is 0 Å². The highest BCUT2D eigenvalue weighted by atomic mass is 16.5. The van der Waals surface area contributed by atoms with Crippen molar-refractivity contribution in [2.45, 2.75) is 84.2 Å². The number of likely N-dealkylation sites (tertiary alicyclic amines) is 1. The predicted octanol–water partition coefficient (Wildman–Crippen LogP) is 3.74. The van der Waals surface area contributed by atoms with Gasteiger partial charge in [0.05, 0.1) is 17.7 Å². The zero-order valence-electron chi connectivity index (χ0n) is 14.9. The maximum atomic E-state index is 12.8. The lowest BCUT2D eigenvalue weighted by Crippen LogP contribution is -2.56. The van der Waals surface area contributed by atoms with Gasteiger partial charge in [-0.15, -0.1) is 0 Å². The topological polar surface area (TPSA) is 46.3 Å². The Morgan fingerprint density at radius 3 is 2.55 bits per heavy atom. The van der Waals surface area contributed by atoms with Crippen LogP contribution in [-0.2, 0) is 16.6 Å². The van der Waals surface area contributed by atoms with Gasteiger partial charge in [-0.25, -0.2) is 0 Å². The fraction of sp³-hybridized carbons (Fsp3) is 0.778. The smallest absolute Gasteiger partial charge is 0.158 e. The fourth-order valence-electron chi connectivity index (χ4n) is 3.22. The molecule has 0 amide bonds. The lowest BCUT2D eigenvalue weighted by Gasteiger charge is -2.44. The van der Waals surface area contributed by atoms with E-state index in [9.17, 15) is 4.79 Å². The summed E-state index contributed by atoms with van der Waals surface area (Å²) in [5.74, 6) is 1.05. The number of carbonyl (C=O) groups excluding carboxylic acids is 1. The van der Waals surface area contributed by atoms with Gasteiger partial charge in [-0.3, -0.25) is 9.69 Å². The second-order valence-corrected chi connectivity index (χ2v) is 8.13. The van der Waals surface area contributed by atoms with E-state index in [1.165, 1.54) is 19.3 Å². The van der Waals surface area contributed by atoms with Crippen molar-refractivity contribution in [1.82, 2.24) is 10.1 Å². The molecule has 4 nitrogen and oxygen atoms in total. The van der Waals surface area contributed by atoms with Crippen molar-refractivity contribution in [2.24, 2.45) is 0 Å². The molecule has 1 atom stereocenters. The fourth-order valence-corrected chi connectivity index (χ4v) is 3.22. The third-order valence-electron chi connectivity index (χ3n) is 4.84. The van der Waals surface area contributed by atoms with Gasteiger partial charge in [0, 0.05) is 17.5 Å². The average Bonchev–Trinajstić information content (AvgIpc) is 2.87. The van der Waals surface area contributed by atoms with E-state index >= 15 is 0 Å². The Bertz CT molecular complexity index is 525. The first kappa shape index (κ1) is 17.2. The Hall–Kier alpha value is -1.16. The van der Waals surface area contributed by atoms with Crippen molar-refractivity contribution >= 4 is 5.78 Å². The van der Waals surface area contributed by atoms with Gasteiger partial charge in [-0.1, -0.05) is 32.3 Å². The van der Waals surface area contributed by atoms with E-state index in [0.29, 0.717) is 12.5 Å². The number of Topliss-reactive ketones (excluding diaryl/α,β-unsaturated/α-hetero) is 1. The maximum absolute atomic E-state index is 12.8. The van der Waals surface area contributed by atoms with Crippen LogP contribution in [0.15, 0.2) is 10.6 Å². The number of nitrogens with zero attached hydrogens (tertiary/aromatic N) is 2. The van der Waals surface area contributed by atoms with Crippen LogP contribution in [0, 0.1) is 0 Å². The molecular weight excluding hydrogens is 276 g/mol. The first-order valence-corrected chi connectivity index (χ1v) is 8.38. The largest absolute Gasteiger partial charge is 0.361 e. The number of carbonyl (C=O) groups is 1. The monoisotopic (exact) mass is 306 g/mol. The number of rotatable bonds is 4. The molecule has 124 valence electrons. The Morgan fingerprint density at radius 2 is 2.00 bits per heavy atom. The van der Waals surface area contributed by atoms with Crippen LogP contribution in [-0.4, -0.2) is 34.0 Å². The molecule has 1 aromatic rings. The summed E-state index contributed by atoms with van der Waals surface area (Å²) in [6, 6.07) is 2.39. The van der Waals surface area contributed by atoms with Crippen LogP contribution in [0.1, 0.15) is 72.3 Å². The summed E-state index contributed by atoms with van der Waals surface area (Å²) in [5.41, 5.74) is 0.221. The van der Waals surface area contributed by atoms with E-state index in [1.54, 1.807) is 0 Å². The zero-order valence-corrected chi connectivity index (χ0v) is 14.9. The van der Waals surface area contributed by atoms with Crippen LogP contribution in [0.3, 0.4) is 0 Å². The van der Waals surface area contributed by atoms with Gasteiger partial charge in [0.25, 0.3) is 0 Å². The highest BCUT2D eigenvalue weighted by molar-refractivity contribution is 5.89. The summed E-state index contributed by atoms with van der Waals surface area (Å²) in [4.78, 5) is 15.2. The molecule has 1 saturated heterocycles. The first-order chi connectivity index (χ1) is 10.1. The first-order valence-electron chi connectivity index (χ1n) is 8.38. The Morgan fingerprint density at radius 1 is 1.32 bits per heavy atom. The molecule has 0 radical (unpaired) electrons. The Kier molecular flexibility index (Phi) is 4.81. The lowest BCUT2D eigenvalue weighted by atomic mass is 9.88. The molecule has 1 fully saturated rings. The van der Waals surface area contributed by atoms with Gasteiger partial charge in [-0.05, 0) is 40.2 Å². The molecular formula is C18H30N2O2. The van der Waals surface area contributed by atoms with Crippen molar-refractivity contribution in [3.05, 3.63) is 17.5 Å². The highest BCUT2D eigenvalue weighted by Crippen LogP contribution is 2.28. The quantitative estimate of drug-likeness (QED) is 0.850. The van der Waals surface area contributed by atoms with Crippen LogP contribution in [0.4, 0.5) is 0 Å². The Balaban J connectivity index is 2.08. The van der Waals surface area contributed by atoms with E-state index < -0.39 is 5.54 Å². The Labute approximate surface area is 134 Å². The van der Waals surface area contributed by atoms with Crippen LogP contribution < -0.4 is 0 Å². The molecule has 0 saturated carbocycles. The van der Waals surface area contributed by atoms with Gasteiger partial charge in [0.2, 0.25) is 0 Å². The second kappa shape index (κ2) is 6.15. The summed E-state index contributed by atoms with van der Waals surface area (Å²) in [5, 5.41) is 4.09. The zero-order chi connectivity index (χ0) is 16.5. The molecule has 2 heterocycles. The molecule has 4 heteroatoms. The van der Waals surface area contributed by atoms with Crippen LogP contribution in [0.25, 0.3) is 0 Å². The number of hydrogen-bond donors (Lipinski definition) is 0. The van der Waals surface area contributed by atoms with Crippen molar-refractivity contribution in [2.75, 3.05) is 6.54 Å². The number of piperidine rings is 1. The predicted molar refractivity (Wildman–Crippen MR) is 88.0 cm³/mol. The highest BCUT2D eigenvalue weighted by Gasteiger charge is 2.38. The number of ketones is 1. The summed E-state index contributed by atoms with van der Waals surface area (Å²) < 4.78 is 5.39. The van der Waals surface area contributed by atoms with Crippen molar-refractivity contribution in [3.8, 4) is 0 Å². The van der Waals surface area contributed by atoms with Gasteiger partial charge in [-0.2, -0.15) is 0 Å². The van der Waals surface area contributed by atoms with E-state index in [4.69, 9.17) is 4.52 Å². The molecule has 1 unspecified atom stereocenters. The van der Waals surface area contributed by atoms with Gasteiger partial charge < -0.3 is 4.52 Å². The minimum Gasteiger partial charge on any atom is -0.361 e. The normalized spacial score (nSPS) is 21.1. The van der Waals surface area contributed by atoms with Crippen LogP contribution in [0.5, 0.6) is 0 Å². The summed E-state index contributed by atoms with van der Waals surface area (Å²) in [6.07, 6.45) is 3.96. The van der Waals surface area contributed by atoms with Crippen LogP contribution in [0.2, 0.25) is 0 Å². The summed E-state index contributed by atoms with van der Waals surface area (Å²) in [6.45, 7) is 13.6. The molecule has 0 bridgehead atoms. The molecule has 0 aliphatic carbocycles. The molecule has 22 heavy (non-hydrogen) atoms. The SMILES string of the molecule is CC1CCCCN1C(C)(C)C(=O)Cc1cc(C(C)(C)C)on1. The van der Waals surface area contributed by atoms with Crippen molar-refractivity contribution in [3.63, 3.8) is 0 Å². The summed E-state index contributed by atoms with van der Waals surface area (Å²) >= 11 is 0. The average molecular weight is 306 g/mol. The number of aromatic nitrogens is 1. The van der Waals surface area contributed by atoms with E-state index in [0.717, 1.165) is 18.0 Å². The van der Waals surface area contributed by atoms with Gasteiger partial charge in [0.15, 0.2) is 5.78 Å². The summed E-state index contributed by atoms with van der Waals surface area (Å²) in [7, 11) is 0. The minimum atomic E-state index is -0.444. The third-order valence-corrected chi connectivity index (χ3v) is 4.84. The molecule has 1 aliphatic rings. The molecule has 0 spiro atoms. The van der Waals surface area contributed by atoms with E-state index in [1.807, 2.05) is 19.9 Å². The minimum absolute atomic E-state index is 0.0782. The molecule has 0 aromatic carbocycles. The van der Waals surface area contributed by atoms with Gasteiger partial charge in [0.1, 0.15) is 5.76 Å². The lowest BCUT2D eigenvalue weighted by molar-refractivity contribution is -0.131. The number of hydrogen-bond acceptors (Lipinski definition) is 4. The molecule has 1 aliphatic heterocycles. The molecule has 0 N–H and O–H groups in total. The standard InChI is InChI=1S/C18H30N2O2/c1-13-9-7-8-10-20(13)18(5,6)15(21)11-14-12-16(22-19-14)17(2,3)4/h12-13H,7-11H2,1-6H3. The maximum Gasteiger partial charge on any atom is 0.158 e. The van der Waals surface area contributed by atoms with Crippen LogP contribution >= 0.6 is 0 Å². The third kappa shape index (κ3) is 3.60. The van der Waals surface area contributed by atoms with E-state index in [-0.39, 0.29) is 11.2 Å². The second-order valence-electron chi connectivity index (χ2n) is 8.13. The molecule has 1 aromatic heterocycles.